The first-order valence-corrected chi connectivity index (χ1v) is 9.52. The molecule has 1 saturated heterocycles. The lowest BCUT2D eigenvalue weighted by atomic mass is 9.73. The molecule has 0 bridgehead atoms. The molecule has 2 heterocycles. The Morgan fingerprint density at radius 1 is 1.29 bits per heavy atom. The summed E-state index contributed by atoms with van der Waals surface area (Å²) in [6, 6.07) is 9.82. The van der Waals surface area contributed by atoms with Crippen molar-refractivity contribution < 1.29 is 24.3 Å². The van der Waals surface area contributed by atoms with E-state index < -0.39 is 17.5 Å². The zero-order chi connectivity index (χ0) is 20.3. The Kier molecular flexibility index (Phi) is 5.84. The van der Waals surface area contributed by atoms with E-state index in [-0.39, 0.29) is 18.9 Å². The van der Waals surface area contributed by atoms with Crippen LogP contribution in [0.1, 0.15) is 46.6 Å². The van der Waals surface area contributed by atoms with Gasteiger partial charge in [-0.2, -0.15) is 0 Å². The third-order valence-corrected chi connectivity index (χ3v) is 5.67. The highest BCUT2D eigenvalue weighted by Gasteiger charge is 2.50. The summed E-state index contributed by atoms with van der Waals surface area (Å²) >= 11 is 0. The number of aliphatic hydroxyl groups excluding tert-OH is 1. The normalized spacial score (nSPS) is 22.2. The largest absolute Gasteiger partial charge is 0.481 e. The van der Waals surface area contributed by atoms with Crippen molar-refractivity contribution in [3.8, 4) is 0 Å². The Labute approximate surface area is 163 Å². The van der Waals surface area contributed by atoms with E-state index in [1.54, 1.807) is 13.8 Å². The Balaban J connectivity index is 1.77. The molecule has 150 valence electrons. The molecule has 7 nitrogen and oxygen atoms in total. The SMILES string of the molecule is Cc1noc(C)c1C(=O)N1CC[C@@H](O)[C@](CCCc2ccccc2)(C(=O)O)C1. The molecule has 3 rings (SSSR count). The van der Waals surface area contributed by atoms with Crippen molar-refractivity contribution in [2.45, 2.75) is 45.6 Å². The van der Waals surface area contributed by atoms with E-state index in [4.69, 9.17) is 4.52 Å². The number of piperidine rings is 1. The standard InChI is InChI=1S/C21H26N2O5/c1-14-18(15(2)28-22-14)19(25)23-12-10-17(24)21(13-23,20(26)27)11-6-9-16-7-4-3-5-8-16/h3-5,7-8,17,24H,6,9-13H2,1-2H3,(H,26,27)/t17-,21-/m1/s1. The van der Waals surface area contributed by atoms with Crippen LogP contribution in [0.4, 0.5) is 0 Å². The van der Waals surface area contributed by atoms with E-state index in [2.05, 4.69) is 5.16 Å². The topological polar surface area (TPSA) is 104 Å². The quantitative estimate of drug-likeness (QED) is 0.791. The summed E-state index contributed by atoms with van der Waals surface area (Å²) in [5.41, 5.74) is 0.609. The summed E-state index contributed by atoms with van der Waals surface area (Å²) in [7, 11) is 0. The van der Waals surface area contributed by atoms with E-state index >= 15 is 0 Å². The number of likely N-dealkylation sites (tertiary alicyclic amines) is 1. The summed E-state index contributed by atoms with van der Waals surface area (Å²) in [5.74, 6) is -0.945. The zero-order valence-corrected chi connectivity index (χ0v) is 16.2. The van der Waals surface area contributed by atoms with Gasteiger partial charge in [-0.25, -0.2) is 0 Å². The molecule has 1 aliphatic rings. The number of benzene rings is 1. The third-order valence-electron chi connectivity index (χ3n) is 5.67. The van der Waals surface area contributed by atoms with E-state index in [1.165, 1.54) is 4.90 Å². The molecular formula is C21H26N2O5. The van der Waals surface area contributed by atoms with Gasteiger partial charge in [-0.15, -0.1) is 0 Å². The van der Waals surface area contributed by atoms with Gasteiger partial charge in [0.25, 0.3) is 5.91 Å². The molecule has 28 heavy (non-hydrogen) atoms. The molecule has 7 heteroatoms. The van der Waals surface area contributed by atoms with Crippen molar-refractivity contribution in [1.82, 2.24) is 10.1 Å². The van der Waals surface area contributed by atoms with Gasteiger partial charge in [0.2, 0.25) is 0 Å². The molecule has 0 saturated carbocycles. The fraction of sp³-hybridized carbons (Fsp3) is 0.476. The monoisotopic (exact) mass is 386 g/mol. The fourth-order valence-corrected chi connectivity index (χ4v) is 4.01. The minimum Gasteiger partial charge on any atom is -0.481 e. The van der Waals surface area contributed by atoms with Gasteiger partial charge in [0, 0.05) is 13.1 Å². The van der Waals surface area contributed by atoms with Crippen LogP contribution < -0.4 is 0 Å². The Morgan fingerprint density at radius 2 is 2.00 bits per heavy atom. The van der Waals surface area contributed by atoms with Crippen LogP contribution in [0.25, 0.3) is 0 Å². The smallest absolute Gasteiger partial charge is 0.314 e. The summed E-state index contributed by atoms with van der Waals surface area (Å²) in [5, 5.41) is 24.4. The highest BCUT2D eigenvalue weighted by Crippen LogP contribution is 2.37. The number of amides is 1. The number of nitrogens with zero attached hydrogens (tertiary/aromatic N) is 2. The Bertz CT molecular complexity index is 828. The molecule has 1 aliphatic heterocycles. The zero-order valence-electron chi connectivity index (χ0n) is 16.2. The lowest BCUT2D eigenvalue weighted by molar-refractivity contribution is -0.162. The van der Waals surface area contributed by atoms with Gasteiger partial charge < -0.3 is 19.6 Å². The lowest BCUT2D eigenvalue weighted by Gasteiger charge is -2.43. The number of carbonyl (C=O) groups is 2. The first-order chi connectivity index (χ1) is 13.3. The van der Waals surface area contributed by atoms with E-state index in [0.717, 1.165) is 12.0 Å². The van der Waals surface area contributed by atoms with Crippen molar-refractivity contribution in [2.75, 3.05) is 13.1 Å². The summed E-state index contributed by atoms with van der Waals surface area (Å²) in [6.45, 7) is 3.63. The highest BCUT2D eigenvalue weighted by molar-refractivity contribution is 5.96. The van der Waals surface area contributed by atoms with Crippen LogP contribution in [0.2, 0.25) is 0 Å². The van der Waals surface area contributed by atoms with Gasteiger partial charge >= 0.3 is 5.97 Å². The predicted octanol–water partition coefficient (Wildman–Crippen LogP) is 2.59. The van der Waals surface area contributed by atoms with Crippen molar-refractivity contribution in [3.63, 3.8) is 0 Å². The number of aromatic nitrogens is 1. The molecule has 0 aliphatic carbocycles. The Hall–Kier alpha value is -2.67. The van der Waals surface area contributed by atoms with Crippen molar-refractivity contribution >= 4 is 11.9 Å². The maximum atomic E-state index is 13.0. The highest BCUT2D eigenvalue weighted by atomic mass is 16.5. The van der Waals surface area contributed by atoms with Crippen molar-refractivity contribution in [1.29, 1.82) is 0 Å². The van der Waals surface area contributed by atoms with Gasteiger partial charge in [-0.3, -0.25) is 9.59 Å². The van der Waals surface area contributed by atoms with Gasteiger partial charge in [0.15, 0.2) is 0 Å². The second kappa shape index (κ2) is 8.14. The van der Waals surface area contributed by atoms with Crippen LogP contribution in [-0.4, -0.2) is 51.3 Å². The molecule has 2 aromatic rings. The summed E-state index contributed by atoms with van der Waals surface area (Å²) in [4.78, 5) is 26.7. The summed E-state index contributed by atoms with van der Waals surface area (Å²) < 4.78 is 5.08. The van der Waals surface area contributed by atoms with Crippen LogP contribution in [-0.2, 0) is 11.2 Å². The van der Waals surface area contributed by atoms with E-state index in [0.29, 0.717) is 36.4 Å². The molecule has 0 spiro atoms. The maximum Gasteiger partial charge on any atom is 0.314 e. The molecule has 0 unspecified atom stereocenters. The number of aryl methyl sites for hydroxylation is 3. The number of aliphatic carboxylic acids is 1. The van der Waals surface area contributed by atoms with Crippen molar-refractivity contribution in [3.05, 3.63) is 52.9 Å². The van der Waals surface area contributed by atoms with Gasteiger partial charge in [0.1, 0.15) is 16.7 Å². The first kappa shape index (κ1) is 20.1. The minimum absolute atomic E-state index is 0.0266. The molecule has 2 atom stereocenters. The van der Waals surface area contributed by atoms with Gasteiger partial charge in [-0.1, -0.05) is 35.5 Å². The number of hydrogen-bond acceptors (Lipinski definition) is 5. The number of aliphatic hydroxyl groups is 1. The number of carbonyl (C=O) groups excluding carboxylic acids is 1. The number of carboxylic acid groups (broad SMARTS) is 1. The van der Waals surface area contributed by atoms with Gasteiger partial charge in [0.05, 0.1) is 11.8 Å². The maximum absolute atomic E-state index is 13.0. The molecule has 1 fully saturated rings. The average molecular weight is 386 g/mol. The van der Waals surface area contributed by atoms with E-state index in [9.17, 15) is 19.8 Å². The second-order valence-corrected chi connectivity index (χ2v) is 7.53. The average Bonchev–Trinajstić information content (AvgIpc) is 3.01. The molecule has 1 aromatic heterocycles. The van der Waals surface area contributed by atoms with Gasteiger partial charge in [-0.05, 0) is 45.1 Å². The number of carboxylic acids is 1. The second-order valence-electron chi connectivity index (χ2n) is 7.53. The first-order valence-electron chi connectivity index (χ1n) is 9.52. The van der Waals surface area contributed by atoms with Crippen LogP contribution in [0.3, 0.4) is 0 Å². The van der Waals surface area contributed by atoms with E-state index in [1.807, 2.05) is 30.3 Å². The number of rotatable bonds is 6. The van der Waals surface area contributed by atoms with Crippen LogP contribution in [0.5, 0.6) is 0 Å². The Morgan fingerprint density at radius 3 is 2.61 bits per heavy atom. The fourth-order valence-electron chi connectivity index (χ4n) is 4.01. The number of hydrogen-bond donors (Lipinski definition) is 2. The van der Waals surface area contributed by atoms with Crippen LogP contribution in [0.15, 0.2) is 34.9 Å². The molecule has 0 radical (unpaired) electrons. The molecule has 1 aromatic carbocycles. The predicted molar refractivity (Wildman–Crippen MR) is 102 cm³/mol. The molecule has 2 N–H and O–H groups in total. The third kappa shape index (κ3) is 3.80. The lowest BCUT2D eigenvalue weighted by Crippen LogP contribution is -2.57. The van der Waals surface area contributed by atoms with Crippen molar-refractivity contribution in [2.24, 2.45) is 5.41 Å². The summed E-state index contributed by atoms with van der Waals surface area (Å²) in [6.07, 6.45) is 0.868. The molecule has 1 amide bonds. The van der Waals surface area contributed by atoms with Crippen LogP contribution >= 0.6 is 0 Å². The minimum atomic E-state index is -1.37. The molecular weight excluding hydrogens is 360 g/mol. The van der Waals surface area contributed by atoms with Crippen LogP contribution in [0, 0.1) is 19.3 Å².